The Morgan fingerprint density at radius 1 is 1.32 bits per heavy atom. The van der Waals surface area contributed by atoms with Gasteiger partial charge in [0.1, 0.15) is 0 Å². The first-order chi connectivity index (χ1) is 9.11. The van der Waals surface area contributed by atoms with E-state index < -0.39 is 11.9 Å². The standard InChI is InChI=1S/C13H20N2O4/c16-8-11-3-1-2-6-15(11)13(19)14-10-5-4-9(7-10)12(17)18/h4-5,9-11,16H,1-3,6-8H2,(H,14,19)(H,17,18). The molecule has 1 aliphatic heterocycles. The number of carbonyl (C=O) groups excluding carboxylic acids is 1. The van der Waals surface area contributed by atoms with Crippen LogP contribution in [0.15, 0.2) is 12.2 Å². The van der Waals surface area contributed by atoms with Crippen molar-refractivity contribution < 1.29 is 19.8 Å². The Morgan fingerprint density at radius 2 is 2.11 bits per heavy atom. The molecule has 1 heterocycles. The molecule has 0 bridgehead atoms. The zero-order valence-corrected chi connectivity index (χ0v) is 10.8. The smallest absolute Gasteiger partial charge is 0.318 e. The molecule has 19 heavy (non-hydrogen) atoms. The number of rotatable bonds is 3. The Morgan fingerprint density at radius 3 is 2.74 bits per heavy atom. The number of amides is 2. The number of hydrogen-bond acceptors (Lipinski definition) is 3. The van der Waals surface area contributed by atoms with Gasteiger partial charge in [0.25, 0.3) is 0 Å². The van der Waals surface area contributed by atoms with Gasteiger partial charge in [0.15, 0.2) is 0 Å². The Kier molecular flexibility index (Phi) is 4.42. The molecule has 0 aromatic heterocycles. The molecule has 3 N–H and O–H groups in total. The molecular weight excluding hydrogens is 248 g/mol. The van der Waals surface area contributed by atoms with Gasteiger partial charge in [0, 0.05) is 6.54 Å². The lowest BCUT2D eigenvalue weighted by Crippen LogP contribution is -2.52. The van der Waals surface area contributed by atoms with Crippen LogP contribution in [-0.4, -0.2) is 52.3 Å². The molecule has 106 valence electrons. The van der Waals surface area contributed by atoms with Gasteiger partial charge >= 0.3 is 12.0 Å². The SMILES string of the molecule is O=C(O)C1C=CC(NC(=O)N2CCCCC2CO)C1. The first kappa shape index (κ1) is 13.9. The number of urea groups is 1. The van der Waals surface area contributed by atoms with Crippen LogP contribution < -0.4 is 5.32 Å². The van der Waals surface area contributed by atoms with Crippen LogP contribution in [0.5, 0.6) is 0 Å². The molecule has 6 nitrogen and oxygen atoms in total. The van der Waals surface area contributed by atoms with E-state index in [0.717, 1.165) is 19.3 Å². The van der Waals surface area contributed by atoms with Gasteiger partial charge < -0.3 is 20.4 Å². The van der Waals surface area contributed by atoms with Gasteiger partial charge in [-0.2, -0.15) is 0 Å². The highest BCUT2D eigenvalue weighted by atomic mass is 16.4. The van der Waals surface area contributed by atoms with Gasteiger partial charge in [0.2, 0.25) is 0 Å². The maximum atomic E-state index is 12.1. The lowest BCUT2D eigenvalue weighted by atomic mass is 10.0. The van der Waals surface area contributed by atoms with Crippen molar-refractivity contribution in [3.8, 4) is 0 Å². The molecule has 3 unspecified atom stereocenters. The van der Waals surface area contributed by atoms with E-state index >= 15 is 0 Å². The predicted octanol–water partition coefficient (Wildman–Crippen LogP) is 0.572. The summed E-state index contributed by atoms with van der Waals surface area (Å²) < 4.78 is 0. The van der Waals surface area contributed by atoms with Gasteiger partial charge in [-0.25, -0.2) is 4.79 Å². The zero-order chi connectivity index (χ0) is 13.8. The second-order valence-corrected chi connectivity index (χ2v) is 5.15. The molecule has 0 saturated carbocycles. The van der Waals surface area contributed by atoms with Crippen molar-refractivity contribution in [3.63, 3.8) is 0 Å². The van der Waals surface area contributed by atoms with Crippen molar-refractivity contribution in [1.82, 2.24) is 10.2 Å². The van der Waals surface area contributed by atoms with E-state index in [1.54, 1.807) is 17.1 Å². The first-order valence-electron chi connectivity index (χ1n) is 6.71. The number of aliphatic carboxylic acids is 1. The maximum Gasteiger partial charge on any atom is 0.318 e. The number of aliphatic hydroxyl groups is 1. The van der Waals surface area contributed by atoms with Gasteiger partial charge in [0.05, 0.1) is 24.6 Å². The molecule has 0 spiro atoms. The number of carbonyl (C=O) groups is 2. The lowest BCUT2D eigenvalue weighted by Gasteiger charge is -2.35. The number of piperidine rings is 1. The summed E-state index contributed by atoms with van der Waals surface area (Å²) in [5.74, 6) is -1.38. The van der Waals surface area contributed by atoms with Crippen LogP contribution in [-0.2, 0) is 4.79 Å². The summed E-state index contributed by atoms with van der Waals surface area (Å²) in [5.41, 5.74) is 0. The maximum absolute atomic E-state index is 12.1. The molecular formula is C13H20N2O4. The minimum Gasteiger partial charge on any atom is -0.481 e. The van der Waals surface area contributed by atoms with E-state index in [-0.39, 0.29) is 24.7 Å². The molecule has 2 aliphatic rings. The zero-order valence-electron chi connectivity index (χ0n) is 10.8. The Bertz CT molecular complexity index is 383. The van der Waals surface area contributed by atoms with Crippen LogP contribution in [0, 0.1) is 5.92 Å². The summed E-state index contributed by atoms with van der Waals surface area (Å²) in [6.45, 7) is 0.627. The Labute approximate surface area is 112 Å². The van der Waals surface area contributed by atoms with Crippen molar-refractivity contribution in [1.29, 1.82) is 0 Å². The Balaban J connectivity index is 1.87. The molecule has 0 aromatic rings. The minimum atomic E-state index is -0.862. The number of aliphatic hydroxyl groups excluding tert-OH is 1. The van der Waals surface area contributed by atoms with E-state index in [4.69, 9.17) is 5.11 Å². The normalized spacial score (nSPS) is 30.4. The van der Waals surface area contributed by atoms with Crippen molar-refractivity contribution in [2.24, 2.45) is 5.92 Å². The fourth-order valence-corrected chi connectivity index (χ4v) is 2.69. The van der Waals surface area contributed by atoms with E-state index in [1.165, 1.54) is 0 Å². The summed E-state index contributed by atoms with van der Waals surface area (Å²) in [4.78, 5) is 24.6. The largest absolute Gasteiger partial charge is 0.481 e. The fourth-order valence-electron chi connectivity index (χ4n) is 2.69. The summed E-state index contributed by atoms with van der Waals surface area (Å²) >= 11 is 0. The van der Waals surface area contributed by atoms with E-state index in [0.29, 0.717) is 13.0 Å². The second-order valence-electron chi connectivity index (χ2n) is 5.15. The summed E-state index contributed by atoms with van der Waals surface area (Å²) in [7, 11) is 0. The lowest BCUT2D eigenvalue weighted by molar-refractivity contribution is -0.140. The monoisotopic (exact) mass is 268 g/mol. The average molecular weight is 268 g/mol. The van der Waals surface area contributed by atoms with E-state index in [9.17, 15) is 14.7 Å². The number of likely N-dealkylation sites (tertiary alicyclic amines) is 1. The molecule has 1 fully saturated rings. The van der Waals surface area contributed by atoms with Gasteiger partial charge in [-0.1, -0.05) is 12.2 Å². The van der Waals surface area contributed by atoms with Crippen LogP contribution in [0.1, 0.15) is 25.7 Å². The summed E-state index contributed by atoms with van der Waals surface area (Å²) in [6, 6.07) is -0.552. The predicted molar refractivity (Wildman–Crippen MR) is 68.6 cm³/mol. The molecule has 6 heteroatoms. The number of nitrogens with zero attached hydrogens (tertiary/aromatic N) is 1. The van der Waals surface area contributed by atoms with Crippen LogP contribution in [0.4, 0.5) is 4.79 Å². The van der Waals surface area contributed by atoms with Gasteiger partial charge in [-0.05, 0) is 25.7 Å². The van der Waals surface area contributed by atoms with Crippen molar-refractivity contribution in [2.75, 3.05) is 13.2 Å². The molecule has 0 aromatic carbocycles. The third kappa shape index (κ3) is 3.26. The highest BCUT2D eigenvalue weighted by Crippen LogP contribution is 2.20. The number of hydrogen-bond donors (Lipinski definition) is 3. The molecule has 1 aliphatic carbocycles. The molecule has 2 amide bonds. The van der Waals surface area contributed by atoms with E-state index in [1.807, 2.05) is 0 Å². The minimum absolute atomic E-state index is 0.0221. The van der Waals surface area contributed by atoms with Crippen molar-refractivity contribution >= 4 is 12.0 Å². The van der Waals surface area contributed by atoms with Gasteiger partial charge in [-0.3, -0.25) is 4.79 Å². The first-order valence-corrected chi connectivity index (χ1v) is 6.71. The second kappa shape index (κ2) is 6.06. The van der Waals surface area contributed by atoms with Crippen molar-refractivity contribution in [3.05, 3.63) is 12.2 Å². The van der Waals surface area contributed by atoms with Crippen LogP contribution in [0.25, 0.3) is 0 Å². The van der Waals surface area contributed by atoms with E-state index in [2.05, 4.69) is 5.32 Å². The molecule has 0 radical (unpaired) electrons. The molecule has 2 rings (SSSR count). The number of nitrogens with one attached hydrogen (secondary N) is 1. The fraction of sp³-hybridized carbons (Fsp3) is 0.692. The average Bonchev–Trinajstić information content (AvgIpc) is 2.87. The summed E-state index contributed by atoms with van der Waals surface area (Å²) in [6.07, 6.45) is 6.55. The highest BCUT2D eigenvalue weighted by molar-refractivity contribution is 5.76. The van der Waals surface area contributed by atoms with Crippen molar-refractivity contribution in [2.45, 2.75) is 37.8 Å². The Hall–Kier alpha value is -1.56. The number of carboxylic acids is 1. The van der Waals surface area contributed by atoms with Gasteiger partial charge in [-0.15, -0.1) is 0 Å². The number of carboxylic acid groups (broad SMARTS) is 1. The third-order valence-corrected chi connectivity index (χ3v) is 3.81. The highest BCUT2D eigenvalue weighted by Gasteiger charge is 2.30. The molecule has 3 atom stereocenters. The third-order valence-electron chi connectivity index (χ3n) is 3.81. The van der Waals surface area contributed by atoms with Crippen LogP contribution >= 0.6 is 0 Å². The molecule has 1 saturated heterocycles. The van der Waals surface area contributed by atoms with Crippen LogP contribution in [0.2, 0.25) is 0 Å². The summed E-state index contributed by atoms with van der Waals surface area (Å²) in [5, 5.41) is 21.0. The quantitative estimate of drug-likeness (QED) is 0.653. The van der Waals surface area contributed by atoms with Crippen LogP contribution in [0.3, 0.4) is 0 Å². The topological polar surface area (TPSA) is 89.9 Å².